The lowest BCUT2D eigenvalue weighted by Gasteiger charge is -2.08. The Balaban J connectivity index is 1.67. The second kappa shape index (κ2) is 7.33. The predicted octanol–water partition coefficient (Wildman–Crippen LogP) is 3.54. The summed E-state index contributed by atoms with van der Waals surface area (Å²) in [6, 6.07) is 14.3. The van der Waals surface area contributed by atoms with Gasteiger partial charge in [0.05, 0.1) is 18.8 Å². The highest BCUT2D eigenvalue weighted by atomic mass is 16.5. The van der Waals surface area contributed by atoms with Crippen LogP contribution in [0.4, 0.5) is 0 Å². The number of hydrogen-bond donors (Lipinski definition) is 1. The summed E-state index contributed by atoms with van der Waals surface area (Å²) >= 11 is 0. The summed E-state index contributed by atoms with van der Waals surface area (Å²) in [6.45, 7) is 3.14. The standard InChI is InChI=1S/C17H18O4/c1-13-3-7-15(8-4-13)20-11-2-12-21-16-9-5-14(6-10-16)17(18)19/h3-10H,2,11-12H2,1H3,(H,18,19). The molecular weight excluding hydrogens is 268 g/mol. The van der Waals surface area contributed by atoms with Gasteiger partial charge >= 0.3 is 5.97 Å². The van der Waals surface area contributed by atoms with Crippen molar-refractivity contribution in [3.05, 3.63) is 59.7 Å². The van der Waals surface area contributed by atoms with Crippen LogP contribution in [0.25, 0.3) is 0 Å². The number of aromatic carboxylic acids is 1. The second-order valence-corrected chi connectivity index (χ2v) is 4.69. The van der Waals surface area contributed by atoms with Crippen molar-refractivity contribution in [1.82, 2.24) is 0 Å². The zero-order chi connectivity index (χ0) is 15.1. The highest BCUT2D eigenvalue weighted by Gasteiger charge is 2.02. The average Bonchev–Trinajstić information content (AvgIpc) is 2.49. The molecule has 0 heterocycles. The van der Waals surface area contributed by atoms with E-state index in [1.54, 1.807) is 12.1 Å². The maximum absolute atomic E-state index is 10.7. The first-order valence-electron chi connectivity index (χ1n) is 6.81. The van der Waals surface area contributed by atoms with Gasteiger partial charge in [-0.2, -0.15) is 0 Å². The van der Waals surface area contributed by atoms with Crippen LogP contribution in [-0.2, 0) is 0 Å². The van der Waals surface area contributed by atoms with Crippen molar-refractivity contribution in [1.29, 1.82) is 0 Å². The van der Waals surface area contributed by atoms with Gasteiger partial charge in [0.2, 0.25) is 0 Å². The molecule has 0 bridgehead atoms. The minimum atomic E-state index is -0.937. The summed E-state index contributed by atoms with van der Waals surface area (Å²) in [5.41, 5.74) is 1.46. The molecule has 0 amide bonds. The number of aryl methyl sites for hydroxylation is 1. The molecule has 110 valence electrons. The van der Waals surface area contributed by atoms with Gasteiger partial charge in [-0.1, -0.05) is 17.7 Å². The summed E-state index contributed by atoms with van der Waals surface area (Å²) in [5, 5.41) is 8.79. The third-order valence-electron chi connectivity index (χ3n) is 2.95. The lowest BCUT2D eigenvalue weighted by Crippen LogP contribution is -2.05. The summed E-state index contributed by atoms with van der Waals surface area (Å²) in [5.74, 6) is 0.579. The van der Waals surface area contributed by atoms with Crippen LogP contribution in [0.5, 0.6) is 11.5 Å². The Labute approximate surface area is 123 Å². The van der Waals surface area contributed by atoms with E-state index in [9.17, 15) is 4.79 Å². The number of hydrogen-bond acceptors (Lipinski definition) is 3. The fraction of sp³-hybridized carbons (Fsp3) is 0.235. The van der Waals surface area contributed by atoms with Gasteiger partial charge in [-0.05, 0) is 43.3 Å². The van der Waals surface area contributed by atoms with E-state index in [-0.39, 0.29) is 5.56 Å². The smallest absolute Gasteiger partial charge is 0.335 e. The van der Waals surface area contributed by atoms with Crippen molar-refractivity contribution in [2.45, 2.75) is 13.3 Å². The highest BCUT2D eigenvalue weighted by Crippen LogP contribution is 2.13. The SMILES string of the molecule is Cc1ccc(OCCCOc2ccc(C(=O)O)cc2)cc1. The zero-order valence-corrected chi connectivity index (χ0v) is 11.9. The number of carboxylic acids is 1. The van der Waals surface area contributed by atoms with Crippen molar-refractivity contribution >= 4 is 5.97 Å². The first-order chi connectivity index (χ1) is 10.1. The lowest BCUT2D eigenvalue weighted by molar-refractivity contribution is 0.0697. The quantitative estimate of drug-likeness (QED) is 0.791. The van der Waals surface area contributed by atoms with E-state index in [1.807, 2.05) is 31.2 Å². The number of ether oxygens (including phenoxy) is 2. The number of carboxylic acid groups (broad SMARTS) is 1. The van der Waals surface area contributed by atoms with Gasteiger partial charge in [-0.3, -0.25) is 0 Å². The largest absolute Gasteiger partial charge is 0.493 e. The highest BCUT2D eigenvalue weighted by molar-refractivity contribution is 5.87. The Bertz CT molecular complexity index is 573. The maximum Gasteiger partial charge on any atom is 0.335 e. The molecule has 21 heavy (non-hydrogen) atoms. The Morgan fingerprint density at radius 2 is 1.38 bits per heavy atom. The normalized spacial score (nSPS) is 10.1. The van der Waals surface area contributed by atoms with Crippen LogP contribution in [0, 0.1) is 6.92 Å². The van der Waals surface area contributed by atoms with Crippen LogP contribution in [0.1, 0.15) is 22.3 Å². The molecule has 0 aromatic heterocycles. The minimum absolute atomic E-state index is 0.255. The average molecular weight is 286 g/mol. The van der Waals surface area contributed by atoms with Gasteiger partial charge in [-0.25, -0.2) is 4.79 Å². The summed E-state index contributed by atoms with van der Waals surface area (Å²) in [4.78, 5) is 10.7. The maximum atomic E-state index is 10.7. The van der Waals surface area contributed by atoms with E-state index in [2.05, 4.69) is 0 Å². The fourth-order valence-corrected chi connectivity index (χ4v) is 1.77. The number of rotatable bonds is 7. The van der Waals surface area contributed by atoms with Crippen molar-refractivity contribution < 1.29 is 19.4 Å². The van der Waals surface area contributed by atoms with Crippen LogP contribution in [-0.4, -0.2) is 24.3 Å². The third kappa shape index (κ3) is 4.84. The molecule has 0 saturated heterocycles. The van der Waals surface area contributed by atoms with Gasteiger partial charge in [0.15, 0.2) is 0 Å². The molecule has 1 N–H and O–H groups in total. The molecule has 0 aliphatic heterocycles. The molecule has 0 aliphatic carbocycles. The topological polar surface area (TPSA) is 55.8 Å². The molecule has 0 spiro atoms. The molecule has 4 nitrogen and oxygen atoms in total. The molecule has 0 saturated carbocycles. The predicted molar refractivity (Wildman–Crippen MR) is 80.2 cm³/mol. The number of carbonyl (C=O) groups is 1. The third-order valence-corrected chi connectivity index (χ3v) is 2.95. The first-order valence-corrected chi connectivity index (χ1v) is 6.81. The summed E-state index contributed by atoms with van der Waals surface area (Å²) in [6.07, 6.45) is 0.758. The zero-order valence-electron chi connectivity index (χ0n) is 11.9. The molecule has 2 rings (SSSR count). The minimum Gasteiger partial charge on any atom is -0.493 e. The number of benzene rings is 2. The van der Waals surface area contributed by atoms with Crippen LogP contribution < -0.4 is 9.47 Å². The van der Waals surface area contributed by atoms with E-state index in [4.69, 9.17) is 14.6 Å². The molecule has 2 aromatic carbocycles. The monoisotopic (exact) mass is 286 g/mol. The summed E-state index contributed by atoms with van der Waals surface area (Å²) < 4.78 is 11.1. The Morgan fingerprint density at radius 3 is 1.86 bits per heavy atom. The van der Waals surface area contributed by atoms with Gasteiger partial charge in [0, 0.05) is 6.42 Å². The molecule has 4 heteroatoms. The van der Waals surface area contributed by atoms with Gasteiger partial charge < -0.3 is 14.6 Å². The van der Waals surface area contributed by atoms with Crippen LogP contribution in [0.15, 0.2) is 48.5 Å². The van der Waals surface area contributed by atoms with Gasteiger partial charge in [0.1, 0.15) is 11.5 Å². The molecule has 2 aromatic rings. The van der Waals surface area contributed by atoms with E-state index >= 15 is 0 Å². The lowest BCUT2D eigenvalue weighted by atomic mass is 10.2. The van der Waals surface area contributed by atoms with Crippen molar-refractivity contribution in [3.8, 4) is 11.5 Å². The van der Waals surface area contributed by atoms with Gasteiger partial charge in [-0.15, -0.1) is 0 Å². The van der Waals surface area contributed by atoms with Crippen molar-refractivity contribution in [3.63, 3.8) is 0 Å². The van der Waals surface area contributed by atoms with Gasteiger partial charge in [0.25, 0.3) is 0 Å². The second-order valence-electron chi connectivity index (χ2n) is 4.69. The molecule has 0 aliphatic rings. The van der Waals surface area contributed by atoms with Crippen molar-refractivity contribution in [2.75, 3.05) is 13.2 Å². The molecule has 0 radical (unpaired) electrons. The Morgan fingerprint density at radius 1 is 0.905 bits per heavy atom. The molecule has 0 atom stereocenters. The molecule has 0 fully saturated rings. The fourth-order valence-electron chi connectivity index (χ4n) is 1.77. The van der Waals surface area contributed by atoms with E-state index < -0.39 is 5.97 Å². The van der Waals surface area contributed by atoms with Crippen molar-refractivity contribution in [2.24, 2.45) is 0 Å². The Hall–Kier alpha value is -2.49. The Kier molecular flexibility index (Phi) is 5.21. The van der Waals surface area contributed by atoms with Crippen LogP contribution >= 0.6 is 0 Å². The van der Waals surface area contributed by atoms with E-state index in [1.165, 1.54) is 17.7 Å². The summed E-state index contributed by atoms with van der Waals surface area (Å²) in [7, 11) is 0. The van der Waals surface area contributed by atoms with E-state index in [0.717, 1.165) is 12.2 Å². The van der Waals surface area contributed by atoms with E-state index in [0.29, 0.717) is 19.0 Å². The first kappa shape index (κ1) is 14.9. The molecular formula is C17H18O4. The molecule has 0 unspecified atom stereocenters. The van der Waals surface area contributed by atoms with Crippen LogP contribution in [0.2, 0.25) is 0 Å². The van der Waals surface area contributed by atoms with Crippen LogP contribution in [0.3, 0.4) is 0 Å².